The van der Waals surface area contributed by atoms with Crippen molar-refractivity contribution in [1.29, 1.82) is 0 Å². The molecule has 0 saturated carbocycles. The van der Waals surface area contributed by atoms with Crippen LogP contribution in [0.25, 0.3) is 0 Å². The van der Waals surface area contributed by atoms with Gasteiger partial charge in [-0.1, -0.05) is 0 Å². The fourth-order valence-corrected chi connectivity index (χ4v) is 4.03. The topological polar surface area (TPSA) is 73.7 Å². The van der Waals surface area contributed by atoms with Crippen molar-refractivity contribution in [2.45, 2.75) is 30.1 Å². The van der Waals surface area contributed by atoms with Crippen LogP contribution in [0, 0.1) is 0 Å². The Morgan fingerprint density at radius 3 is 2.45 bits per heavy atom. The van der Waals surface area contributed by atoms with E-state index in [0.717, 1.165) is 6.42 Å². The summed E-state index contributed by atoms with van der Waals surface area (Å²) in [5.74, 6) is -0.575. The van der Waals surface area contributed by atoms with Crippen LogP contribution in [0.5, 0.6) is 0 Å². The molecule has 1 aromatic heterocycles. The van der Waals surface area contributed by atoms with Gasteiger partial charge in [-0.15, -0.1) is 0 Å². The highest BCUT2D eigenvalue weighted by Crippen LogP contribution is 2.32. The van der Waals surface area contributed by atoms with Gasteiger partial charge in [0.1, 0.15) is 0 Å². The number of nitrogens with zero attached hydrogens (tertiary/aromatic N) is 3. The normalized spacial score (nSPS) is 24.1. The third-order valence-electron chi connectivity index (χ3n) is 3.79. The Bertz CT molecular complexity index is 567. The maximum Gasteiger partial charge on any atom is 0.262 e. The molecule has 0 N–H and O–H groups in total. The number of imidazole rings is 1. The third-order valence-corrected chi connectivity index (χ3v) is 5.57. The van der Waals surface area contributed by atoms with Gasteiger partial charge in [0, 0.05) is 39.2 Å². The monoisotopic (exact) mass is 301 g/mol. The Hall–Kier alpha value is -0.960. The van der Waals surface area contributed by atoms with Gasteiger partial charge in [0.2, 0.25) is 0 Å². The zero-order valence-corrected chi connectivity index (χ0v) is 12.3. The van der Waals surface area contributed by atoms with Crippen molar-refractivity contribution in [2.75, 3.05) is 26.3 Å². The predicted octanol–water partition coefficient (Wildman–Crippen LogP) is 0.338. The average Bonchev–Trinajstić information content (AvgIpc) is 2.88. The Morgan fingerprint density at radius 2 is 1.90 bits per heavy atom. The molecule has 0 amide bonds. The summed E-state index contributed by atoms with van der Waals surface area (Å²) in [4.78, 5) is 3.94. The first kappa shape index (κ1) is 14.0. The SMILES string of the molecule is Cn1cnc(S(=O)(=O)N2CCC3(CC2)OCCCO3)c1. The van der Waals surface area contributed by atoms with E-state index >= 15 is 0 Å². The number of sulfonamides is 1. The Labute approximate surface area is 118 Å². The number of rotatable bonds is 2. The first-order valence-electron chi connectivity index (χ1n) is 6.78. The Morgan fingerprint density at radius 1 is 1.25 bits per heavy atom. The summed E-state index contributed by atoms with van der Waals surface area (Å²) >= 11 is 0. The van der Waals surface area contributed by atoms with Gasteiger partial charge in [0.25, 0.3) is 10.0 Å². The smallest absolute Gasteiger partial charge is 0.262 e. The zero-order valence-electron chi connectivity index (χ0n) is 11.5. The average molecular weight is 301 g/mol. The molecule has 112 valence electrons. The van der Waals surface area contributed by atoms with E-state index in [-0.39, 0.29) is 5.03 Å². The molecule has 0 radical (unpaired) electrons. The number of hydrogen-bond donors (Lipinski definition) is 0. The van der Waals surface area contributed by atoms with E-state index < -0.39 is 15.8 Å². The van der Waals surface area contributed by atoms with Gasteiger partial charge < -0.3 is 14.0 Å². The summed E-state index contributed by atoms with van der Waals surface area (Å²) in [6.07, 6.45) is 5.05. The molecular formula is C12H19N3O4S. The van der Waals surface area contributed by atoms with E-state index in [1.165, 1.54) is 16.8 Å². The summed E-state index contributed by atoms with van der Waals surface area (Å²) in [5, 5.41) is 0.0985. The number of ether oxygens (including phenoxy) is 2. The van der Waals surface area contributed by atoms with Crippen molar-refractivity contribution < 1.29 is 17.9 Å². The van der Waals surface area contributed by atoms with E-state index in [2.05, 4.69) is 4.98 Å². The van der Waals surface area contributed by atoms with Crippen LogP contribution in [0.1, 0.15) is 19.3 Å². The molecule has 2 aliphatic heterocycles. The molecule has 7 nitrogen and oxygen atoms in total. The summed E-state index contributed by atoms with van der Waals surface area (Å²) in [5.41, 5.74) is 0. The van der Waals surface area contributed by atoms with Crippen LogP contribution in [0.4, 0.5) is 0 Å². The third kappa shape index (κ3) is 2.48. The van der Waals surface area contributed by atoms with Crippen LogP contribution in [-0.2, 0) is 26.5 Å². The summed E-state index contributed by atoms with van der Waals surface area (Å²) in [6, 6.07) is 0. The van der Waals surface area contributed by atoms with Gasteiger partial charge in [0.15, 0.2) is 10.8 Å². The van der Waals surface area contributed by atoms with Crippen LogP contribution in [-0.4, -0.2) is 54.4 Å². The molecule has 2 fully saturated rings. The van der Waals surface area contributed by atoms with Crippen molar-refractivity contribution in [3.63, 3.8) is 0 Å². The summed E-state index contributed by atoms with van der Waals surface area (Å²) in [6.45, 7) is 2.18. The second kappa shape index (κ2) is 5.10. The van der Waals surface area contributed by atoms with Crippen molar-refractivity contribution in [3.05, 3.63) is 12.5 Å². The van der Waals surface area contributed by atoms with E-state index in [1.807, 2.05) is 0 Å². The lowest BCUT2D eigenvalue weighted by atomic mass is 10.0. The molecular weight excluding hydrogens is 282 g/mol. The van der Waals surface area contributed by atoms with Crippen LogP contribution in [0.3, 0.4) is 0 Å². The van der Waals surface area contributed by atoms with Crippen LogP contribution < -0.4 is 0 Å². The van der Waals surface area contributed by atoms with Crippen LogP contribution in [0.15, 0.2) is 17.6 Å². The highest BCUT2D eigenvalue weighted by atomic mass is 32.2. The number of piperidine rings is 1. The van der Waals surface area contributed by atoms with Crippen molar-refractivity contribution in [3.8, 4) is 0 Å². The van der Waals surface area contributed by atoms with Gasteiger partial charge in [-0.2, -0.15) is 4.31 Å². The van der Waals surface area contributed by atoms with Gasteiger partial charge in [0.05, 0.1) is 19.5 Å². The van der Waals surface area contributed by atoms with E-state index in [1.54, 1.807) is 11.6 Å². The molecule has 3 rings (SSSR count). The van der Waals surface area contributed by atoms with Gasteiger partial charge >= 0.3 is 0 Å². The molecule has 1 aromatic rings. The number of aryl methyl sites for hydroxylation is 1. The summed E-state index contributed by atoms with van der Waals surface area (Å²) in [7, 11) is -1.76. The second-order valence-corrected chi connectivity index (χ2v) is 7.13. The molecule has 8 heteroatoms. The first-order chi connectivity index (χ1) is 9.52. The summed E-state index contributed by atoms with van der Waals surface area (Å²) < 4.78 is 39.4. The fraction of sp³-hybridized carbons (Fsp3) is 0.750. The van der Waals surface area contributed by atoms with E-state index in [0.29, 0.717) is 39.1 Å². The molecule has 0 atom stereocenters. The van der Waals surface area contributed by atoms with E-state index in [9.17, 15) is 8.42 Å². The molecule has 0 aromatic carbocycles. The number of hydrogen-bond acceptors (Lipinski definition) is 5. The molecule has 3 heterocycles. The predicted molar refractivity (Wildman–Crippen MR) is 70.5 cm³/mol. The second-order valence-electron chi connectivity index (χ2n) is 5.24. The fourth-order valence-electron chi connectivity index (χ4n) is 2.63. The maximum absolute atomic E-state index is 12.4. The maximum atomic E-state index is 12.4. The molecule has 0 bridgehead atoms. The highest BCUT2D eigenvalue weighted by Gasteiger charge is 2.41. The van der Waals surface area contributed by atoms with Crippen molar-refractivity contribution >= 4 is 10.0 Å². The minimum atomic E-state index is -3.51. The van der Waals surface area contributed by atoms with Crippen molar-refractivity contribution in [2.24, 2.45) is 7.05 Å². The lowest BCUT2D eigenvalue weighted by Gasteiger charge is -2.42. The molecule has 2 saturated heterocycles. The van der Waals surface area contributed by atoms with Crippen molar-refractivity contribution in [1.82, 2.24) is 13.9 Å². The zero-order chi connectivity index (χ0) is 14.2. The van der Waals surface area contributed by atoms with Gasteiger partial charge in [-0.25, -0.2) is 13.4 Å². The Kier molecular flexibility index (Phi) is 3.57. The minimum absolute atomic E-state index is 0.0985. The first-order valence-corrected chi connectivity index (χ1v) is 8.22. The molecule has 2 aliphatic rings. The highest BCUT2D eigenvalue weighted by molar-refractivity contribution is 7.89. The molecule has 20 heavy (non-hydrogen) atoms. The quantitative estimate of drug-likeness (QED) is 0.787. The largest absolute Gasteiger partial charge is 0.350 e. The van der Waals surface area contributed by atoms with Gasteiger partial charge in [-0.3, -0.25) is 0 Å². The standard InChI is InChI=1S/C12H19N3O4S/c1-14-9-11(13-10-14)20(16,17)15-5-3-12(4-6-15)18-7-2-8-19-12/h9-10H,2-8H2,1H3. The van der Waals surface area contributed by atoms with E-state index in [4.69, 9.17) is 9.47 Å². The van der Waals surface area contributed by atoms with Crippen LogP contribution >= 0.6 is 0 Å². The number of aromatic nitrogens is 2. The van der Waals surface area contributed by atoms with Crippen LogP contribution in [0.2, 0.25) is 0 Å². The lowest BCUT2D eigenvalue weighted by molar-refractivity contribution is -0.280. The molecule has 0 aliphatic carbocycles. The minimum Gasteiger partial charge on any atom is -0.350 e. The lowest BCUT2D eigenvalue weighted by Crippen LogP contribution is -2.51. The van der Waals surface area contributed by atoms with Gasteiger partial charge in [-0.05, 0) is 6.42 Å². The molecule has 0 unspecified atom stereocenters. The molecule has 1 spiro atoms. The Balaban J connectivity index is 1.71.